The molecule has 19 heavy (non-hydrogen) atoms. The van der Waals surface area contributed by atoms with Gasteiger partial charge in [0, 0.05) is 29.2 Å². The molecular formula is C11H10N4O4. The molecule has 2 atom stereocenters. The van der Waals surface area contributed by atoms with Gasteiger partial charge in [-0.1, -0.05) is 5.16 Å². The van der Waals surface area contributed by atoms with Crippen molar-refractivity contribution in [2.75, 3.05) is 7.11 Å². The Morgan fingerprint density at radius 3 is 2.95 bits per heavy atom. The molecule has 1 aliphatic rings. The standard InChI is InChI=1S/C11H10N4O4/c1-18-9-3-2-6(5-12-9)10-13-11(19-14-10)7-4-8(7)15(16)17/h2-3,5,7-8H,4H2,1H3. The number of nitro groups is 1. The van der Waals surface area contributed by atoms with Gasteiger partial charge in [-0.3, -0.25) is 10.1 Å². The Kier molecular flexibility index (Phi) is 2.62. The van der Waals surface area contributed by atoms with Crippen molar-refractivity contribution in [1.82, 2.24) is 15.1 Å². The van der Waals surface area contributed by atoms with Gasteiger partial charge in [-0.15, -0.1) is 0 Å². The minimum absolute atomic E-state index is 0.262. The number of methoxy groups -OCH3 is 1. The molecule has 1 saturated carbocycles. The van der Waals surface area contributed by atoms with Crippen molar-refractivity contribution in [3.8, 4) is 17.3 Å². The number of hydrogen-bond donors (Lipinski definition) is 0. The van der Waals surface area contributed by atoms with E-state index in [1.165, 1.54) is 7.11 Å². The first-order valence-electron chi connectivity index (χ1n) is 5.66. The van der Waals surface area contributed by atoms with Gasteiger partial charge in [0.15, 0.2) is 0 Å². The van der Waals surface area contributed by atoms with Gasteiger partial charge in [-0.2, -0.15) is 4.98 Å². The molecule has 98 valence electrons. The summed E-state index contributed by atoms with van der Waals surface area (Å²) < 4.78 is 10.0. The molecule has 1 aliphatic carbocycles. The second kappa shape index (κ2) is 4.30. The van der Waals surface area contributed by atoms with E-state index in [1.807, 2.05) is 0 Å². The molecule has 0 N–H and O–H groups in total. The van der Waals surface area contributed by atoms with Crippen molar-refractivity contribution >= 4 is 0 Å². The summed E-state index contributed by atoms with van der Waals surface area (Å²) in [4.78, 5) is 18.5. The minimum Gasteiger partial charge on any atom is -0.481 e. The Morgan fingerprint density at radius 2 is 2.37 bits per heavy atom. The highest BCUT2D eigenvalue weighted by atomic mass is 16.6. The Morgan fingerprint density at radius 1 is 1.53 bits per heavy atom. The van der Waals surface area contributed by atoms with Crippen LogP contribution in [0.15, 0.2) is 22.9 Å². The molecule has 0 radical (unpaired) electrons. The maximum atomic E-state index is 10.6. The topological polar surface area (TPSA) is 104 Å². The van der Waals surface area contributed by atoms with Crippen LogP contribution < -0.4 is 4.74 Å². The second-order valence-electron chi connectivity index (χ2n) is 4.24. The Balaban J connectivity index is 1.79. The van der Waals surface area contributed by atoms with Gasteiger partial charge in [0.2, 0.25) is 23.6 Å². The molecule has 2 heterocycles. The number of nitrogens with zero attached hydrogens (tertiary/aromatic N) is 4. The molecule has 2 unspecified atom stereocenters. The van der Waals surface area contributed by atoms with E-state index >= 15 is 0 Å². The van der Waals surface area contributed by atoms with Crippen molar-refractivity contribution < 1.29 is 14.2 Å². The van der Waals surface area contributed by atoms with Crippen LogP contribution in [0.2, 0.25) is 0 Å². The first-order valence-corrected chi connectivity index (χ1v) is 5.66. The summed E-state index contributed by atoms with van der Waals surface area (Å²) in [6.07, 6.45) is 2.01. The third kappa shape index (κ3) is 2.12. The predicted molar refractivity (Wildman–Crippen MR) is 62.2 cm³/mol. The first kappa shape index (κ1) is 11.6. The molecule has 3 rings (SSSR count). The molecule has 0 aromatic carbocycles. The highest BCUT2D eigenvalue weighted by Crippen LogP contribution is 2.42. The van der Waals surface area contributed by atoms with E-state index in [4.69, 9.17) is 9.26 Å². The van der Waals surface area contributed by atoms with Crippen LogP contribution in [0.4, 0.5) is 0 Å². The Labute approximate surface area is 107 Å². The molecule has 0 saturated heterocycles. The van der Waals surface area contributed by atoms with Crippen LogP contribution in [0.25, 0.3) is 11.4 Å². The lowest BCUT2D eigenvalue weighted by Crippen LogP contribution is -2.02. The van der Waals surface area contributed by atoms with E-state index in [2.05, 4.69) is 15.1 Å². The predicted octanol–water partition coefficient (Wildman–Crippen LogP) is 1.27. The van der Waals surface area contributed by atoms with Crippen molar-refractivity contribution in [1.29, 1.82) is 0 Å². The van der Waals surface area contributed by atoms with Gasteiger partial charge in [-0.05, 0) is 6.07 Å². The number of ether oxygens (including phenoxy) is 1. The van der Waals surface area contributed by atoms with E-state index < -0.39 is 6.04 Å². The largest absolute Gasteiger partial charge is 0.481 e. The molecule has 2 aromatic rings. The number of aromatic nitrogens is 3. The van der Waals surface area contributed by atoms with Gasteiger partial charge in [0.1, 0.15) is 5.92 Å². The van der Waals surface area contributed by atoms with Gasteiger partial charge in [-0.25, -0.2) is 4.98 Å². The highest BCUT2D eigenvalue weighted by molar-refractivity contribution is 5.53. The second-order valence-corrected chi connectivity index (χ2v) is 4.24. The van der Waals surface area contributed by atoms with Crippen LogP contribution in [0.3, 0.4) is 0 Å². The molecule has 2 aromatic heterocycles. The molecule has 0 bridgehead atoms. The summed E-state index contributed by atoms with van der Waals surface area (Å²) in [6.45, 7) is 0. The lowest BCUT2D eigenvalue weighted by atomic mass is 10.3. The molecule has 1 fully saturated rings. The van der Waals surface area contributed by atoms with E-state index in [-0.39, 0.29) is 10.8 Å². The van der Waals surface area contributed by atoms with Gasteiger partial charge in [0.25, 0.3) is 0 Å². The third-order valence-corrected chi connectivity index (χ3v) is 2.99. The van der Waals surface area contributed by atoms with Crippen molar-refractivity contribution in [3.05, 3.63) is 34.3 Å². The van der Waals surface area contributed by atoms with Crippen molar-refractivity contribution in [2.45, 2.75) is 18.4 Å². The summed E-state index contributed by atoms with van der Waals surface area (Å²) in [5, 5.41) is 14.4. The molecule has 0 spiro atoms. The fourth-order valence-corrected chi connectivity index (χ4v) is 1.82. The SMILES string of the molecule is COc1ccc(-c2noc(C3CC3[N+](=O)[O-])n2)cn1. The number of rotatable bonds is 4. The average molecular weight is 262 g/mol. The van der Waals surface area contributed by atoms with Crippen molar-refractivity contribution in [2.24, 2.45) is 0 Å². The minimum atomic E-state index is -0.595. The van der Waals surface area contributed by atoms with Gasteiger partial charge in [0.05, 0.1) is 7.11 Å². The molecule has 8 heteroatoms. The zero-order valence-electron chi connectivity index (χ0n) is 10.0. The first-order chi connectivity index (χ1) is 9.19. The quantitative estimate of drug-likeness (QED) is 0.603. The van der Waals surface area contributed by atoms with E-state index in [0.29, 0.717) is 29.6 Å². The zero-order valence-corrected chi connectivity index (χ0v) is 10.0. The van der Waals surface area contributed by atoms with Crippen LogP contribution in [-0.2, 0) is 0 Å². The lowest BCUT2D eigenvalue weighted by molar-refractivity contribution is -0.496. The molecule has 0 amide bonds. The maximum Gasteiger partial charge on any atom is 0.237 e. The van der Waals surface area contributed by atoms with E-state index in [9.17, 15) is 10.1 Å². The van der Waals surface area contributed by atoms with Gasteiger partial charge < -0.3 is 9.26 Å². The highest BCUT2D eigenvalue weighted by Gasteiger charge is 2.53. The maximum absolute atomic E-state index is 10.6. The Bertz CT molecular complexity index is 609. The molecular weight excluding hydrogens is 252 g/mol. The van der Waals surface area contributed by atoms with Crippen molar-refractivity contribution in [3.63, 3.8) is 0 Å². The van der Waals surface area contributed by atoms with E-state index in [0.717, 1.165) is 0 Å². The van der Waals surface area contributed by atoms with Crippen LogP contribution in [0.1, 0.15) is 18.2 Å². The van der Waals surface area contributed by atoms with Gasteiger partial charge >= 0.3 is 0 Å². The lowest BCUT2D eigenvalue weighted by Gasteiger charge is -1.97. The summed E-state index contributed by atoms with van der Waals surface area (Å²) in [5.74, 6) is 0.914. The van der Waals surface area contributed by atoms with Crippen LogP contribution in [-0.4, -0.2) is 33.2 Å². The average Bonchev–Trinajstić information content (AvgIpc) is 3.09. The Hall–Kier alpha value is -2.51. The normalized spacial score (nSPS) is 21.1. The zero-order chi connectivity index (χ0) is 13.4. The molecule has 0 aliphatic heterocycles. The summed E-state index contributed by atoms with van der Waals surface area (Å²) in [5.41, 5.74) is 0.675. The summed E-state index contributed by atoms with van der Waals surface area (Å²) in [7, 11) is 1.53. The molecule has 8 nitrogen and oxygen atoms in total. The number of hydrogen-bond acceptors (Lipinski definition) is 7. The fraction of sp³-hybridized carbons (Fsp3) is 0.364. The monoisotopic (exact) mass is 262 g/mol. The fourth-order valence-electron chi connectivity index (χ4n) is 1.82. The number of pyridine rings is 1. The smallest absolute Gasteiger partial charge is 0.237 e. The summed E-state index contributed by atoms with van der Waals surface area (Å²) >= 11 is 0. The van der Waals surface area contributed by atoms with Crippen LogP contribution in [0.5, 0.6) is 5.88 Å². The third-order valence-electron chi connectivity index (χ3n) is 2.99. The van der Waals surface area contributed by atoms with Crippen LogP contribution >= 0.6 is 0 Å². The van der Waals surface area contributed by atoms with Crippen LogP contribution in [0, 0.1) is 10.1 Å². The summed E-state index contributed by atoms with van der Waals surface area (Å²) in [6, 6.07) is 2.84. The van der Waals surface area contributed by atoms with E-state index in [1.54, 1.807) is 18.3 Å².